The Morgan fingerprint density at radius 1 is 1.13 bits per heavy atom. The number of halogens is 2. The van der Waals surface area contributed by atoms with Crippen LogP contribution in [0.4, 0.5) is 10.2 Å². The molecule has 45 heavy (non-hydrogen) atoms. The topological polar surface area (TPSA) is 82.0 Å². The maximum absolute atomic E-state index is 17.0. The van der Waals surface area contributed by atoms with Crippen LogP contribution in [-0.2, 0) is 0 Å². The van der Waals surface area contributed by atoms with Crippen molar-refractivity contribution in [3.05, 3.63) is 53.3 Å². The molecule has 1 saturated carbocycles. The second kappa shape index (κ2) is 11.9. The summed E-state index contributed by atoms with van der Waals surface area (Å²) in [5.74, 6) is 0.374. The lowest BCUT2D eigenvalue weighted by atomic mass is 9.68. The summed E-state index contributed by atoms with van der Waals surface area (Å²) >= 11 is 6.94. The maximum atomic E-state index is 17.0. The number of aromatic hydroxyl groups is 1. The number of phenolic OH excluding ortho intramolecular Hbond substituents is 1. The summed E-state index contributed by atoms with van der Waals surface area (Å²) in [6, 6.07) is 12.6. The third-order valence-electron chi connectivity index (χ3n) is 10.1. The van der Waals surface area contributed by atoms with Crippen LogP contribution in [0.25, 0.3) is 32.8 Å². The maximum Gasteiger partial charge on any atom is 0.319 e. The van der Waals surface area contributed by atoms with Crippen molar-refractivity contribution in [2.75, 3.05) is 45.2 Å². The van der Waals surface area contributed by atoms with Crippen molar-refractivity contribution >= 4 is 39.1 Å². The molecule has 6 rings (SSSR count). The molecule has 1 aliphatic carbocycles. The molecule has 2 aliphatic rings. The molecular formula is C36H44ClFN4O3. The fraction of sp³-hybridized carbons (Fsp3) is 0.500. The fourth-order valence-corrected chi connectivity index (χ4v) is 7.80. The number of aliphatic hydroxyl groups excluding tert-OH is 1. The average Bonchev–Trinajstić information content (AvgIpc) is 3.73. The van der Waals surface area contributed by atoms with Crippen LogP contribution in [0, 0.1) is 28.5 Å². The number of piperidine rings is 1. The summed E-state index contributed by atoms with van der Waals surface area (Å²) in [7, 11) is 4.11. The van der Waals surface area contributed by atoms with Gasteiger partial charge in [0.05, 0.1) is 17.7 Å². The van der Waals surface area contributed by atoms with E-state index in [0.717, 1.165) is 43.1 Å². The summed E-state index contributed by atoms with van der Waals surface area (Å²) in [5, 5.41) is 23.4. The van der Waals surface area contributed by atoms with Crippen molar-refractivity contribution in [1.29, 1.82) is 0 Å². The van der Waals surface area contributed by atoms with E-state index in [0.29, 0.717) is 35.8 Å². The van der Waals surface area contributed by atoms with Gasteiger partial charge in [0.2, 0.25) is 0 Å². The number of phenols is 1. The standard InChI is InChI=1S/C36H44ClFN4O3/c1-21-16-35(4,22(2)23(3)43)18-42(17-21)33-28-15-29(37)30(27-14-25(44)13-24-9-7-8-10-26(24)27)31(38)32(28)39-34(40-33)45-20-36(11-12-36)19-41(5)6/h7-10,13-15,21-23,43-44H,11-12,16-20H2,1-6H3/t21?,22-,23?,35+/m1/s1. The highest BCUT2D eigenvalue weighted by Gasteiger charge is 2.44. The number of nitrogens with zero attached hydrogens (tertiary/aromatic N) is 4. The van der Waals surface area contributed by atoms with Crippen LogP contribution in [0.2, 0.25) is 5.02 Å². The Hall–Kier alpha value is -3.20. The Morgan fingerprint density at radius 3 is 2.56 bits per heavy atom. The Labute approximate surface area is 270 Å². The number of ether oxygens (including phenoxy) is 1. The summed E-state index contributed by atoms with van der Waals surface area (Å²) in [6.45, 7) is 11.0. The number of anilines is 1. The van der Waals surface area contributed by atoms with Gasteiger partial charge in [0.1, 0.15) is 17.1 Å². The third kappa shape index (κ3) is 6.17. The second-order valence-corrected chi connectivity index (χ2v) is 14.8. The number of hydrogen-bond donors (Lipinski definition) is 2. The zero-order valence-corrected chi connectivity index (χ0v) is 27.8. The molecule has 4 aromatic rings. The van der Waals surface area contributed by atoms with Crippen LogP contribution in [-0.4, -0.2) is 71.5 Å². The van der Waals surface area contributed by atoms with Crippen molar-refractivity contribution in [1.82, 2.24) is 14.9 Å². The number of aromatic nitrogens is 2. The van der Waals surface area contributed by atoms with E-state index in [4.69, 9.17) is 21.3 Å². The minimum atomic E-state index is -0.582. The highest BCUT2D eigenvalue weighted by atomic mass is 35.5. The first kappa shape index (κ1) is 31.8. The van der Waals surface area contributed by atoms with Crippen LogP contribution in [0.15, 0.2) is 42.5 Å². The van der Waals surface area contributed by atoms with Gasteiger partial charge in [-0.15, -0.1) is 0 Å². The van der Waals surface area contributed by atoms with E-state index in [9.17, 15) is 10.2 Å². The smallest absolute Gasteiger partial charge is 0.319 e. The van der Waals surface area contributed by atoms with Gasteiger partial charge >= 0.3 is 6.01 Å². The van der Waals surface area contributed by atoms with Crippen molar-refractivity contribution in [2.45, 2.75) is 53.1 Å². The minimum absolute atomic E-state index is 0.0242. The predicted octanol–water partition coefficient (Wildman–Crippen LogP) is 7.54. The number of fused-ring (bicyclic) bond motifs is 2. The Bertz CT molecular complexity index is 1740. The first-order chi connectivity index (χ1) is 21.3. The van der Waals surface area contributed by atoms with Crippen molar-refractivity contribution in [3.63, 3.8) is 0 Å². The van der Waals surface area contributed by atoms with Gasteiger partial charge in [-0.2, -0.15) is 9.97 Å². The molecule has 2 N–H and O–H groups in total. The zero-order valence-electron chi connectivity index (χ0n) is 27.1. The molecule has 2 fully saturated rings. The van der Waals surface area contributed by atoms with E-state index in [-0.39, 0.29) is 44.6 Å². The lowest BCUT2D eigenvalue weighted by molar-refractivity contribution is 0.0284. The number of aliphatic hydroxyl groups is 1. The van der Waals surface area contributed by atoms with Crippen LogP contribution < -0.4 is 9.64 Å². The summed E-state index contributed by atoms with van der Waals surface area (Å²) in [6.07, 6.45) is 2.60. The Morgan fingerprint density at radius 2 is 1.87 bits per heavy atom. The highest BCUT2D eigenvalue weighted by molar-refractivity contribution is 6.35. The Kier molecular flexibility index (Phi) is 8.38. The molecule has 9 heteroatoms. The summed E-state index contributed by atoms with van der Waals surface area (Å²) < 4.78 is 23.3. The number of rotatable bonds is 9. The molecule has 240 valence electrons. The molecule has 1 aliphatic heterocycles. The van der Waals surface area contributed by atoms with Gasteiger partial charge in [-0.1, -0.05) is 56.6 Å². The van der Waals surface area contributed by atoms with Crippen LogP contribution in [0.5, 0.6) is 11.8 Å². The van der Waals surface area contributed by atoms with Gasteiger partial charge in [-0.3, -0.25) is 0 Å². The van der Waals surface area contributed by atoms with E-state index < -0.39 is 11.9 Å². The van der Waals surface area contributed by atoms with Crippen LogP contribution in [0.3, 0.4) is 0 Å². The zero-order chi connectivity index (χ0) is 32.3. The molecule has 1 aromatic heterocycles. The summed E-state index contributed by atoms with van der Waals surface area (Å²) in [4.78, 5) is 14.0. The van der Waals surface area contributed by atoms with Crippen LogP contribution >= 0.6 is 11.6 Å². The van der Waals surface area contributed by atoms with E-state index >= 15 is 4.39 Å². The van der Waals surface area contributed by atoms with Crippen LogP contribution in [0.1, 0.15) is 47.0 Å². The molecule has 7 nitrogen and oxygen atoms in total. The van der Waals surface area contributed by atoms with E-state index in [1.54, 1.807) is 18.2 Å². The van der Waals surface area contributed by atoms with Gasteiger partial charge in [0.25, 0.3) is 0 Å². The van der Waals surface area contributed by atoms with E-state index in [1.807, 2.05) is 31.2 Å². The van der Waals surface area contributed by atoms with Crippen molar-refractivity contribution < 1.29 is 19.3 Å². The van der Waals surface area contributed by atoms with Gasteiger partial charge in [0, 0.05) is 36.0 Å². The Balaban J connectivity index is 1.52. The molecule has 0 radical (unpaired) electrons. The molecule has 0 bridgehead atoms. The van der Waals surface area contributed by atoms with Gasteiger partial charge in [-0.25, -0.2) is 4.39 Å². The molecular weight excluding hydrogens is 591 g/mol. The van der Waals surface area contributed by atoms with E-state index in [2.05, 4.69) is 49.7 Å². The molecule has 2 unspecified atom stereocenters. The molecule has 0 amide bonds. The predicted molar refractivity (Wildman–Crippen MR) is 180 cm³/mol. The minimum Gasteiger partial charge on any atom is -0.508 e. The third-order valence-corrected chi connectivity index (χ3v) is 10.4. The van der Waals surface area contributed by atoms with E-state index in [1.165, 1.54) is 0 Å². The normalized spacial score (nSPS) is 22.6. The lowest BCUT2D eigenvalue weighted by Crippen LogP contribution is -2.50. The summed E-state index contributed by atoms with van der Waals surface area (Å²) in [5.41, 5.74) is 0.638. The first-order valence-corrected chi connectivity index (χ1v) is 16.3. The average molecular weight is 635 g/mol. The second-order valence-electron chi connectivity index (χ2n) is 14.4. The van der Waals surface area contributed by atoms with Gasteiger partial charge in [0.15, 0.2) is 5.82 Å². The first-order valence-electron chi connectivity index (χ1n) is 15.9. The molecule has 2 heterocycles. The van der Waals surface area contributed by atoms with Gasteiger partial charge < -0.3 is 24.7 Å². The lowest BCUT2D eigenvalue weighted by Gasteiger charge is -2.48. The fourth-order valence-electron chi connectivity index (χ4n) is 7.50. The molecule has 4 atom stereocenters. The van der Waals surface area contributed by atoms with Crippen molar-refractivity contribution in [3.8, 4) is 22.9 Å². The van der Waals surface area contributed by atoms with Gasteiger partial charge in [-0.05, 0) is 92.1 Å². The quantitative estimate of drug-likeness (QED) is 0.197. The van der Waals surface area contributed by atoms with Crippen molar-refractivity contribution in [2.24, 2.45) is 22.7 Å². The largest absolute Gasteiger partial charge is 0.508 e. The molecule has 0 spiro atoms. The molecule has 3 aromatic carbocycles. The highest BCUT2D eigenvalue weighted by Crippen LogP contribution is 2.48. The SMILES string of the molecule is CC1CN(c2nc(OCC3(CN(C)C)CC3)nc3c(F)c(-c4cc(O)cc5ccccc45)c(Cl)cc23)C[C@@](C)([C@H](C)C(C)O)C1. The number of benzene rings is 3. The number of hydrogen-bond acceptors (Lipinski definition) is 7. The monoisotopic (exact) mass is 634 g/mol. The molecule has 1 saturated heterocycles.